The lowest BCUT2D eigenvalue weighted by Gasteiger charge is -2.53. The van der Waals surface area contributed by atoms with E-state index < -0.39 is 21.4 Å². The smallest absolute Gasteiger partial charge is 0.283 e. The highest BCUT2D eigenvalue weighted by Crippen LogP contribution is 2.32. The van der Waals surface area contributed by atoms with Gasteiger partial charge in [-0.15, -0.1) is 0 Å². The van der Waals surface area contributed by atoms with E-state index in [1.165, 1.54) is 11.1 Å². The summed E-state index contributed by atoms with van der Waals surface area (Å²) in [5, 5.41) is 35.0. The SMILES string of the molecule is CCc1cc(C)cc(CC)c1NC(=O)[C@@H]1CCCC[N+]1([O-])CCC[N+]1([O-])CCCC[C@H]1C(=O)Nc1c(CC)cc(C)cc1CC. The van der Waals surface area contributed by atoms with Crippen LogP contribution >= 0.6 is 0 Å². The summed E-state index contributed by atoms with van der Waals surface area (Å²) in [6.07, 6.45) is 7.91. The van der Waals surface area contributed by atoms with Gasteiger partial charge in [-0.2, -0.15) is 0 Å². The Kier molecular flexibility index (Phi) is 11.9. The van der Waals surface area contributed by atoms with Crippen LogP contribution in [0.2, 0.25) is 0 Å². The summed E-state index contributed by atoms with van der Waals surface area (Å²) in [7, 11) is 0. The number of benzene rings is 2. The molecule has 2 fully saturated rings. The zero-order chi connectivity index (χ0) is 32.8. The van der Waals surface area contributed by atoms with Gasteiger partial charge in [-0.3, -0.25) is 9.59 Å². The summed E-state index contributed by atoms with van der Waals surface area (Å²) in [5.41, 5.74) is 8.41. The van der Waals surface area contributed by atoms with Crippen molar-refractivity contribution < 1.29 is 18.9 Å². The van der Waals surface area contributed by atoms with Crippen molar-refractivity contribution in [2.24, 2.45) is 0 Å². The zero-order valence-electron chi connectivity index (χ0n) is 28.6. The fourth-order valence-corrected chi connectivity index (χ4v) is 7.78. The molecule has 2 saturated heterocycles. The largest absolute Gasteiger partial charge is 0.632 e. The van der Waals surface area contributed by atoms with Gasteiger partial charge < -0.3 is 30.3 Å². The lowest BCUT2D eigenvalue weighted by molar-refractivity contribution is -0.919. The van der Waals surface area contributed by atoms with Crippen LogP contribution in [0.25, 0.3) is 0 Å². The number of hydrogen-bond donors (Lipinski definition) is 2. The van der Waals surface area contributed by atoms with Gasteiger partial charge in [0.15, 0.2) is 12.1 Å². The Hall–Kier alpha value is -2.78. The molecule has 2 unspecified atom stereocenters. The van der Waals surface area contributed by atoms with Crippen LogP contribution in [0, 0.1) is 24.3 Å². The van der Waals surface area contributed by atoms with Crippen molar-refractivity contribution in [3.8, 4) is 0 Å². The Morgan fingerprint density at radius 1 is 0.644 bits per heavy atom. The molecule has 2 aromatic carbocycles. The molecule has 0 saturated carbocycles. The number of quaternary nitrogens is 2. The maximum absolute atomic E-state index is 14.3. The van der Waals surface area contributed by atoms with E-state index >= 15 is 0 Å². The highest BCUT2D eigenvalue weighted by atomic mass is 16.6. The number of nitrogens with one attached hydrogen (secondary N) is 2. The van der Waals surface area contributed by atoms with Gasteiger partial charge in [0.05, 0.1) is 26.2 Å². The standard InChI is InChI=1S/C37H56N4O4/c1-7-28-22-26(5)23-29(8-2)34(28)38-36(42)32-16-11-13-18-40(32,44)20-15-21-41(45)19-14-12-17-33(41)37(43)39-35-30(9-3)24-27(6)25-31(35)10-4/h22-25,32-33H,7-21H2,1-6H3,(H,38,42)(H,39,43)/t32-,33-,40?,41?/m0/s1. The molecule has 2 N–H and O–H groups in total. The predicted octanol–water partition coefficient (Wildman–Crippen LogP) is 7.25. The molecule has 45 heavy (non-hydrogen) atoms. The number of hydroxylamine groups is 6. The summed E-state index contributed by atoms with van der Waals surface area (Å²) >= 11 is 0. The van der Waals surface area contributed by atoms with Crippen molar-refractivity contribution >= 4 is 23.2 Å². The fourth-order valence-electron chi connectivity index (χ4n) is 7.78. The summed E-state index contributed by atoms with van der Waals surface area (Å²) in [5.74, 6) is -0.425. The van der Waals surface area contributed by atoms with Crippen LogP contribution in [0.3, 0.4) is 0 Å². The third kappa shape index (κ3) is 7.97. The first-order chi connectivity index (χ1) is 21.5. The Balaban J connectivity index is 1.47. The normalized spacial score (nSPS) is 25.2. The van der Waals surface area contributed by atoms with Gasteiger partial charge in [0.25, 0.3) is 11.8 Å². The van der Waals surface area contributed by atoms with E-state index in [0.29, 0.717) is 32.4 Å². The molecule has 2 aliphatic heterocycles. The van der Waals surface area contributed by atoms with E-state index in [9.17, 15) is 20.0 Å². The van der Waals surface area contributed by atoms with Crippen molar-refractivity contribution in [3.63, 3.8) is 0 Å². The molecule has 2 aromatic rings. The van der Waals surface area contributed by atoms with Crippen molar-refractivity contribution in [3.05, 3.63) is 68.1 Å². The molecule has 8 heteroatoms. The fraction of sp³-hybridized carbons (Fsp3) is 0.622. The predicted molar refractivity (Wildman–Crippen MR) is 184 cm³/mol. The average molecular weight is 621 g/mol. The number of likely N-dealkylation sites (tertiary alicyclic amines) is 2. The van der Waals surface area contributed by atoms with Crippen LogP contribution in [0.15, 0.2) is 24.3 Å². The molecule has 4 rings (SSSR count). The first kappa shape index (κ1) is 35.1. The number of amides is 2. The van der Waals surface area contributed by atoms with Gasteiger partial charge in [0, 0.05) is 30.6 Å². The van der Waals surface area contributed by atoms with Gasteiger partial charge in [-0.05, 0) is 87.5 Å². The van der Waals surface area contributed by atoms with Crippen molar-refractivity contribution in [1.29, 1.82) is 0 Å². The molecule has 8 nitrogen and oxygen atoms in total. The molecule has 2 amide bonds. The van der Waals surface area contributed by atoms with E-state index in [-0.39, 0.29) is 24.9 Å². The van der Waals surface area contributed by atoms with Gasteiger partial charge >= 0.3 is 0 Å². The van der Waals surface area contributed by atoms with Crippen LogP contribution in [0.4, 0.5) is 11.4 Å². The third-order valence-corrected chi connectivity index (χ3v) is 10.3. The van der Waals surface area contributed by atoms with E-state index in [2.05, 4.69) is 76.4 Å². The van der Waals surface area contributed by atoms with Crippen LogP contribution in [0.5, 0.6) is 0 Å². The highest BCUT2D eigenvalue weighted by Gasteiger charge is 2.41. The molecule has 2 aliphatic rings. The molecule has 0 bridgehead atoms. The molecular formula is C37H56N4O4. The number of carbonyl (C=O) groups excluding carboxylic acids is 2. The average Bonchev–Trinajstić information content (AvgIpc) is 3.02. The highest BCUT2D eigenvalue weighted by molar-refractivity contribution is 5.96. The number of anilines is 2. The minimum Gasteiger partial charge on any atom is -0.632 e. The first-order valence-corrected chi connectivity index (χ1v) is 17.5. The minimum absolute atomic E-state index is 0.210. The second-order valence-electron chi connectivity index (χ2n) is 13.5. The molecular weight excluding hydrogens is 564 g/mol. The van der Waals surface area contributed by atoms with Crippen molar-refractivity contribution in [1.82, 2.24) is 0 Å². The first-order valence-electron chi connectivity index (χ1n) is 17.5. The van der Waals surface area contributed by atoms with Crippen LogP contribution < -0.4 is 10.6 Å². The maximum atomic E-state index is 14.3. The lowest BCUT2D eigenvalue weighted by atomic mass is 9.96. The molecule has 0 radical (unpaired) electrons. The van der Waals surface area contributed by atoms with Gasteiger partial charge in [0.1, 0.15) is 0 Å². The van der Waals surface area contributed by atoms with E-state index in [1.807, 2.05) is 0 Å². The van der Waals surface area contributed by atoms with Gasteiger partial charge in [0.2, 0.25) is 0 Å². The van der Waals surface area contributed by atoms with Crippen LogP contribution in [-0.4, -0.2) is 59.4 Å². The number of aryl methyl sites for hydroxylation is 6. The van der Waals surface area contributed by atoms with Gasteiger partial charge in [-0.25, -0.2) is 0 Å². The summed E-state index contributed by atoms with van der Waals surface area (Å²) in [6.45, 7) is 13.6. The maximum Gasteiger partial charge on any atom is 0.283 e. The number of rotatable bonds is 12. The number of piperidine rings is 2. The molecule has 2 heterocycles. The number of hydrogen-bond acceptors (Lipinski definition) is 4. The summed E-state index contributed by atoms with van der Waals surface area (Å²) in [4.78, 5) is 27.5. The van der Waals surface area contributed by atoms with Crippen LogP contribution in [-0.2, 0) is 35.3 Å². The Bertz CT molecular complexity index is 1210. The van der Waals surface area contributed by atoms with Crippen molar-refractivity contribution in [2.45, 2.75) is 124 Å². The molecule has 0 aliphatic carbocycles. The lowest BCUT2D eigenvalue weighted by Crippen LogP contribution is -2.61. The molecule has 0 spiro atoms. The monoisotopic (exact) mass is 620 g/mol. The van der Waals surface area contributed by atoms with E-state index in [4.69, 9.17) is 0 Å². The molecule has 0 aromatic heterocycles. The second-order valence-corrected chi connectivity index (χ2v) is 13.5. The van der Waals surface area contributed by atoms with Crippen LogP contribution in [0.1, 0.15) is 106 Å². The Morgan fingerprint density at radius 2 is 0.978 bits per heavy atom. The zero-order valence-corrected chi connectivity index (χ0v) is 28.6. The third-order valence-electron chi connectivity index (χ3n) is 10.3. The topological polar surface area (TPSA) is 104 Å². The van der Waals surface area contributed by atoms with Crippen molar-refractivity contribution in [2.75, 3.05) is 36.8 Å². The minimum atomic E-state index is -0.698. The van der Waals surface area contributed by atoms with Gasteiger partial charge in [-0.1, -0.05) is 63.1 Å². The summed E-state index contributed by atoms with van der Waals surface area (Å²) < 4.78 is -1.19. The molecule has 248 valence electrons. The quantitative estimate of drug-likeness (QED) is 0.193. The second kappa shape index (κ2) is 15.2. The Morgan fingerprint density at radius 3 is 1.29 bits per heavy atom. The number of carbonyl (C=O) groups is 2. The Labute approximate surface area is 270 Å². The summed E-state index contributed by atoms with van der Waals surface area (Å²) in [6, 6.07) is 7.06. The number of nitrogens with zero attached hydrogens (tertiary/aromatic N) is 2. The molecule has 4 atom stereocenters. The van der Waals surface area contributed by atoms with E-state index in [1.54, 1.807) is 0 Å². The van der Waals surface area contributed by atoms with E-state index in [0.717, 1.165) is 85.0 Å².